The first-order valence-corrected chi connectivity index (χ1v) is 5.77. The van der Waals surface area contributed by atoms with Gasteiger partial charge in [0.15, 0.2) is 0 Å². The second-order valence-electron chi connectivity index (χ2n) is 2.46. The fourth-order valence-corrected chi connectivity index (χ4v) is 1.36. The molecule has 15 heavy (non-hydrogen) atoms. The zero-order valence-electron chi connectivity index (χ0n) is 8.31. The molecule has 0 aromatic carbocycles. The first kappa shape index (κ1) is 14.3. The van der Waals surface area contributed by atoms with E-state index in [1.165, 1.54) is 0 Å². The summed E-state index contributed by atoms with van der Waals surface area (Å²) in [5, 5.41) is 2.35. The molecule has 1 unspecified atom stereocenters. The Labute approximate surface area is 87.9 Å². The summed E-state index contributed by atoms with van der Waals surface area (Å²) in [7, 11) is -4.24. The van der Waals surface area contributed by atoms with Gasteiger partial charge >= 0.3 is 0 Å². The van der Waals surface area contributed by atoms with Crippen molar-refractivity contribution >= 4 is 13.7 Å². The lowest BCUT2D eigenvalue weighted by Crippen LogP contribution is -2.52. The standard InChI is InChI=1S/C7H15N2O5P/c1-2-7(10)9-4-6-14-15(11,12)13-5-3-8/h2H,1,3-6,8H2,(H,9,10)(H,11,12). The van der Waals surface area contributed by atoms with Crippen molar-refractivity contribution in [3.05, 3.63) is 12.7 Å². The Morgan fingerprint density at radius 2 is 2.13 bits per heavy atom. The second kappa shape index (κ2) is 7.56. The van der Waals surface area contributed by atoms with Crippen molar-refractivity contribution in [3.63, 3.8) is 0 Å². The van der Waals surface area contributed by atoms with Crippen LogP contribution in [-0.4, -0.2) is 32.2 Å². The highest BCUT2D eigenvalue weighted by Crippen LogP contribution is 2.37. The summed E-state index contributed by atoms with van der Waals surface area (Å²) in [4.78, 5) is 21.6. The first-order valence-electron chi connectivity index (χ1n) is 4.31. The molecule has 0 aliphatic carbocycles. The molecular weight excluding hydrogens is 223 g/mol. The fraction of sp³-hybridized carbons (Fsp3) is 0.571. The van der Waals surface area contributed by atoms with E-state index in [0.29, 0.717) is 6.54 Å². The number of carbonyl (C=O) groups is 1. The van der Waals surface area contributed by atoms with E-state index in [0.717, 1.165) is 6.08 Å². The highest BCUT2D eigenvalue weighted by atomic mass is 31.2. The van der Waals surface area contributed by atoms with Crippen molar-refractivity contribution < 1.29 is 29.0 Å². The minimum absolute atomic E-state index is 0.0141. The van der Waals surface area contributed by atoms with E-state index in [4.69, 9.17) is 0 Å². The Hall–Kier alpha value is -0.720. The van der Waals surface area contributed by atoms with Crippen LogP contribution >= 0.6 is 7.82 Å². The number of rotatable bonds is 8. The van der Waals surface area contributed by atoms with Crippen molar-refractivity contribution in [2.24, 2.45) is 0 Å². The number of quaternary nitrogens is 1. The van der Waals surface area contributed by atoms with Gasteiger partial charge in [0.05, 0.1) is 13.2 Å². The second-order valence-corrected chi connectivity index (χ2v) is 3.87. The zero-order valence-corrected chi connectivity index (χ0v) is 9.20. The molecule has 7 nitrogen and oxygen atoms in total. The molecule has 8 heteroatoms. The molecular formula is C7H15N2O5P. The summed E-state index contributed by atoms with van der Waals surface area (Å²) < 4.78 is 19.7. The number of amides is 1. The van der Waals surface area contributed by atoms with E-state index in [1.807, 2.05) is 0 Å². The molecule has 0 radical (unpaired) electrons. The Kier molecular flexibility index (Phi) is 7.19. The average Bonchev–Trinajstić information content (AvgIpc) is 2.21. The number of phosphoric ester groups is 1. The van der Waals surface area contributed by atoms with Crippen LogP contribution in [0.25, 0.3) is 0 Å². The number of phosphoric acid groups is 1. The van der Waals surface area contributed by atoms with Gasteiger partial charge in [0, 0.05) is 6.54 Å². The van der Waals surface area contributed by atoms with Crippen molar-refractivity contribution in [1.29, 1.82) is 0 Å². The van der Waals surface area contributed by atoms with E-state index in [1.54, 1.807) is 0 Å². The average molecular weight is 238 g/mol. The first-order chi connectivity index (χ1) is 7.02. The third-order valence-corrected chi connectivity index (χ3v) is 2.23. The fourth-order valence-electron chi connectivity index (χ4n) is 0.617. The number of nitrogens with one attached hydrogen (secondary N) is 1. The molecule has 0 fully saturated rings. The lowest BCUT2D eigenvalue weighted by molar-refractivity contribution is -0.373. The molecule has 4 N–H and O–H groups in total. The van der Waals surface area contributed by atoms with E-state index in [9.17, 15) is 14.3 Å². The molecule has 0 aromatic heterocycles. The van der Waals surface area contributed by atoms with Gasteiger partial charge in [-0.3, -0.25) is 9.36 Å². The Morgan fingerprint density at radius 1 is 1.53 bits per heavy atom. The number of hydrogen-bond donors (Lipinski definition) is 2. The molecule has 1 amide bonds. The van der Waals surface area contributed by atoms with Crippen LogP contribution in [0.5, 0.6) is 0 Å². The molecule has 88 valence electrons. The summed E-state index contributed by atoms with van der Waals surface area (Å²) in [6.07, 6.45) is 1.08. The molecule has 0 bridgehead atoms. The third kappa shape index (κ3) is 8.29. The van der Waals surface area contributed by atoms with Crippen molar-refractivity contribution in [2.75, 3.05) is 26.3 Å². The maximum Gasteiger partial charge on any atom is 0.268 e. The SMILES string of the molecule is C=CC(=O)NCCOP(=O)([O-])OCC[NH3+]. The van der Waals surface area contributed by atoms with Gasteiger partial charge in [0.2, 0.25) is 5.91 Å². The lowest BCUT2D eigenvalue weighted by Gasteiger charge is -2.21. The van der Waals surface area contributed by atoms with Crippen LogP contribution < -0.4 is 15.9 Å². The van der Waals surface area contributed by atoms with E-state index < -0.39 is 13.7 Å². The van der Waals surface area contributed by atoms with Crippen molar-refractivity contribution in [2.45, 2.75) is 0 Å². The highest BCUT2D eigenvalue weighted by molar-refractivity contribution is 7.45. The summed E-state index contributed by atoms with van der Waals surface area (Å²) in [5.41, 5.74) is 3.41. The Bertz CT molecular complexity index is 258. The third-order valence-electron chi connectivity index (χ3n) is 1.23. The van der Waals surface area contributed by atoms with Gasteiger partial charge in [-0.2, -0.15) is 0 Å². The number of carbonyl (C=O) groups excluding carboxylic acids is 1. The number of hydrogen-bond acceptors (Lipinski definition) is 5. The van der Waals surface area contributed by atoms with Gasteiger partial charge in [-0.25, -0.2) is 0 Å². The minimum atomic E-state index is -4.24. The predicted molar refractivity (Wildman–Crippen MR) is 50.5 cm³/mol. The molecule has 1 atom stereocenters. The summed E-state index contributed by atoms with van der Waals surface area (Å²) in [6.45, 7) is 3.45. The summed E-state index contributed by atoms with van der Waals surface area (Å²) in [5.74, 6) is -0.391. The smallest absolute Gasteiger partial charge is 0.268 e. The van der Waals surface area contributed by atoms with Crippen LogP contribution in [0.3, 0.4) is 0 Å². The largest absolute Gasteiger partial charge is 0.756 e. The topological polar surface area (TPSA) is 115 Å². The maximum absolute atomic E-state index is 10.9. The minimum Gasteiger partial charge on any atom is -0.756 e. The van der Waals surface area contributed by atoms with Crippen LogP contribution in [0.2, 0.25) is 0 Å². The van der Waals surface area contributed by atoms with Gasteiger partial charge in [-0.1, -0.05) is 6.58 Å². The monoisotopic (exact) mass is 238 g/mol. The lowest BCUT2D eigenvalue weighted by atomic mass is 10.5. The van der Waals surface area contributed by atoms with Crippen molar-refractivity contribution in [1.82, 2.24) is 5.32 Å². The van der Waals surface area contributed by atoms with Gasteiger partial charge in [0.25, 0.3) is 7.82 Å². The summed E-state index contributed by atoms with van der Waals surface area (Å²) >= 11 is 0. The maximum atomic E-state index is 10.9. The van der Waals surface area contributed by atoms with Crippen LogP contribution in [0.15, 0.2) is 12.7 Å². The van der Waals surface area contributed by atoms with Crippen LogP contribution in [0, 0.1) is 0 Å². The molecule has 0 aliphatic heterocycles. The molecule has 0 saturated carbocycles. The zero-order chi connectivity index (χ0) is 11.7. The quantitative estimate of drug-likeness (QED) is 0.289. The van der Waals surface area contributed by atoms with Crippen molar-refractivity contribution in [3.8, 4) is 0 Å². The highest BCUT2D eigenvalue weighted by Gasteiger charge is 2.08. The predicted octanol–water partition coefficient (Wildman–Crippen LogP) is -1.97. The molecule has 0 saturated heterocycles. The summed E-state index contributed by atoms with van der Waals surface area (Å²) in [6, 6.07) is 0. The molecule has 0 aromatic rings. The Morgan fingerprint density at radius 3 is 2.67 bits per heavy atom. The van der Waals surface area contributed by atoms with Gasteiger partial charge in [-0.05, 0) is 6.08 Å². The van der Waals surface area contributed by atoms with E-state index >= 15 is 0 Å². The molecule has 0 spiro atoms. The van der Waals surface area contributed by atoms with E-state index in [-0.39, 0.29) is 19.8 Å². The van der Waals surface area contributed by atoms with Crippen LogP contribution in [-0.2, 0) is 18.4 Å². The molecule has 0 rings (SSSR count). The molecule has 0 aliphatic rings. The van der Waals surface area contributed by atoms with Crippen LogP contribution in [0.1, 0.15) is 0 Å². The van der Waals surface area contributed by atoms with Crippen LogP contribution in [0.4, 0.5) is 0 Å². The van der Waals surface area contributed by atoms with Gasteiger partial charge in [-0.15, -0.1) is 0 Å². The van der Waals surface area contributed by atoms with E-state index in [2.05, 4.69) is 26.7 Å². The molecule has 0 heterocycles. The van der Waals surface area contributed by atoms with Gasteiger partial charge in [0.1, 0.15) is 6.61 Å². The Balaban J connectivity index is 3.61. The van der Waals surface area contributed by atoms with Gasteiger partial charge < -0.3 is 25.0 Å². The normalized spacial score (nSPS) is 14.3.